The number of fused-ring (bicyclic) bond motifs is 3. The van der Waals surface area contributed by atoms with Crippen molar-refractivity contribution in [1.82, 2.24) is 0 Å². The molecular formula is C23H30N2O2S. The molecular weight excluding hydrogens is 368 g/mol. The molecule has 0 aromatic heterocycles. The molecule has 0 saturated heterocycles. The highest BCUT2D eigenvalue weighted by atomic mass is 32.2. The molecule has 2 unspecified atom stereocenters. The molecule has 1 aromatic rings. The molecule has 1 heterocycles. The van der Waals surface area contributed by atoms with Gasteiger partial charge in [0.25, 0.3) is 0 Å². The van der Waals surface area contributed by atoms with Crippen LogP contribution in [0.1, 0.15) is 87.1 Å². The van der Waals surface area contributed by atoms with E-state index in [2.05, 4.69) is 38.8 Å². The van der Waals surface area contributed by atoms with Crippen molar-refractivity contribution in [3.8, 4) is 0 Å². The highest BCUT2D eigenvalue weighted by Crippen LogP contribution is 2.46. The molecule has 2 N–H and O–H groups in total. The van der Waals surface area contributed by atoms with E-state index in [1.807, 2.05) is 6.21 Å². The summed E-state index contributed by atoms with van der Waals surface area (Å²) in [5, 5.41) is 8.68. The first-order valence-corrected chi connectivity index (χ1v) is 11.4. The number of nitrogens with one attached hydrogen (secondary N) is 1. The maximum absolute atomic E-state index is 12.7. The summed E-state index contributed by atoms with van der Waals surface area (Å²) in [6, 6.07) is 0. The van der Waals surface area contributed by atoms with E-state index in [1.165, 1.54) is 18.4 Å². The summed E-state index contributed by atoms with van der Waals surface area (Å²) in [6.45, 7) is 9.36. The van der Waals surface area contributed by atoms with Gasteiger partial charge in [0.05, 0.1) is 11.4 Å². The topological polar surface area (TPSA) is 73.5 Å². The number of benzene rings is 1. The number of hydrogen-bond donors (Lipinski definition) is 2. The van der Waals surface area contributed by atoms with Crippen LogP contribution >= 0.6 is 0 Å². The molecule has 0 spiro atoms. The van der Waals surface area contributed by atoms with Crippen LogP contribution in [0.25, 0.3) is 6.08 Å². The second kappa shape index (κ2) is 7.03. The second-order valence-corrected chi connectivity index (χ2v) is 10.5. The Morgan fingerprint density at radius 3 is 2.57 bits per heavy atom. The normalized spacial score (nSPS) is 21.5. The van der Waals surface area contributed by atoms with Crippen molar-refractivity contribution in [2.24, 2.45) is 16.3 Å². The molecule has 3 aliphatic rings. The van der Waals surface area contributed by atoms with Crippen molar-refractivity contribution < 1.29 is 8.76 Å². The van der Waals surface area contributed by atoms with E-state index in [0.717, 1.165) is 47.1 Å². The first-order valence-electron chi connectivity index (χ1n) is 10.3. The Bertz CT molecular complexity index is 933. The molecule has 1 saturated carbocycles. The third kappa shape index (κ3) is 3.33. The van der Waals surface area contributed by atoms with Crippen LogP contribution < -0.4 is 0 Å². The number of rotatable bonds is 3. The Morgan fingerprint density at radius 2 is 1.96 bits per heavy atom. The summed E-state index contributed by atoms with van der Waals surface area (Å²) >= 11 is -2.09. The van der Waals surface area contributed by atoms with Gasteiger partial charge in [0.15, 0.2) is 11.1 Å². The lowest BCUT2D eigenvalue weighted by Gasteiger charge is -2.34. The fourth-order valence-corrected chi connectivity index (χ4v) is 5.38. The van der Waals surface area contributed by atoms with Gasteiger partial charge in [0, 0.05) is 28.6 Å². The minimum Gasteiger partial charge on any atom is -0.305 e. The number of aliphatic imine (C=N–C) groups is 1. The van der Waals surface area contributed by atoms with E-state index in [4.69, 9.17) is 5.41 Å². The van der Waals surface area contributed by atoms with Crippen LogP contribution in [0.4, 0.5) is 0 Å². The van der Waals surface area contributed by atoms with E-state index >= 15 is 0 Å². The largest absolute Gasteiger partial charge is 0.305 e. The minimum absolute atomic E-state index is 0.0440. The van der Waals surface area contributed by atoms with E-state index in [1.54, 1.807) is 0 Å². The van der Waals surface area contributed by atoms with Crippen LogP contribution in [-0.4, -0.2) is 27.2 Å². The van der Waals surface area contributed by atoms with E-state index in [9.17, 15) is 8.76 Å². The zero-order valence-corrected chi connectivity index (χ0v) is 18.1. The van der Waals surface area contributed by atoms with Gasteiger partial charge in [-0.1, -0.05) is 33.8 Å². The molecule has 2 aliphatic carbocycles. The lowest BCUT2D eigenvalue weighted by atomic mass is 9.71. The van der Waals surface area contributed by atoms with Gasteiger partial charge in [-0.2, -0.15) is 0 Å². The molecule has 1 aliphatic heterocycles. The monoisotopic (exact) mass is 398 g/mol. The van der Waals surface area contributed by atoms with E-state index < -0.39 is 11.1 Å². The van der Waals surface area contributed by atoms with Gasteiger partial charge in [-0.25, -0.2) is 4.21 Å². The average molecular weight is 399 g/mol. The fourth-order valence-electron chi connectivity index (χ4n) is 4.54. The molecule has 0 bridgehead atoms. The van der Waals surface area contributed by atoms with Crippen LogP contribution in [0.5, 0.6) is 0 Å². The van der Waals surface area contributed by atoms with Crippen LogP contribution in [0.15, 0.2) is 15.5 Å². The van der Waals surface area contributed by atoms with Crippen LogP contribution in [-0.2, 0) is 17.5 Å². The smallest absolute Gasteiger partial charge is 0.187 e. The molecule has 5 heteroatoms. The molecule has 2 atom stereocenters. The van der Waals surface area contributed by atoms with Crippen LogP contribution in [0, 0.1) is 16.7 Å². The lowest BCUT2D eigenvalue weighted by molar-refractivity contribution is 0.334. The molecule has 0 amide bonds. The predicted octanol–water partition coefficient (Wildman–Crippen LogP) is 5.35. The van der Waals surface area contributed by atoms with Crippen molar-refractivity contribution in [2.75, 3.05) is 6.54 Å². The van der Waals surface area contributed by atoms with Gasteiger partial charge < -0.3 is 9.96 Å². The Balaban J connectivity index is 2.11. The molecule has 0 radical (unpaired) electrons. The van der Waals surface area contributed by atoms with Gasteiger partial charge in [0.1, 0.15) is 0 Å². The summed E-state index contributed by atoms with van der Waals surface area (Å²) in [7, 11) is 0. The Morgan fingerprint density at radius 1 is 1.25 bits per heavy atom. The molecule has 4 nitrogen and oxygen atoms in total. The Kier molecular flexibility index (Phi) is 4.95. The van der Waals surface area contributed by atoms with Gasteiger partial charge >= 0.3 is 0 Å². The Hall–Kier alpha value is -1.59. The first-order chi connectivity index (χ1) is 13.2. The third-order valence-corrected chi connectivity index (χ3v) is 7.45. The molecule has 1 aromatic carbocycles. The predicted molar refractivity (Wildman–Crippen MR) is 116 cm³/mol. The molecule has 150 valence electrons. The Labute approximate surface area is 170 Å². The number of nitrogens with zero attached hydrogens (tertiary/aromatic N) is 1. The third-order valence-electron chi connectivity index (χ3n) is 6.66. The SMILES string of the molecule is CC(c1c2c(c3c(c1S(=O)O)C=C(C1CC1)CN=C3)C(=N)CCC2)C(C)(C)C. The van der Waals surface area contributed by atoms with Gasteiger partial charge in [0.2, 0.25) is 0 Å². The summed E-state index contributed by atoms with van der Waals surface area (Å²) < 4.78 is 23.1. The highest BCUT2D eigenvalue weighted by Gasteiger charge is 2.36. The van der Waals surface area contributed by atoms with Gasteiger partial charge in [-0.05, 0) is 66.1 Å². The van der Waals surface area contributed by atoms with E-state index in [-0.39, 0.29) is 11.3 Å². The molecule has 1 fully saturated rings. The highest BCUT2D eigenvalue weighted by molar-refractivity contribution is 7.79. The van der Waals surface area contributed by atoms with Gasteiger partial charge in [-0.3, -0.25) is 4.99 Å². The maximum atomic E-state index is 12.7. The lowest BCUT2D eigenvalue weighted by Crippen LogP contribution is -2.25. The number of hydrogen-bond acceptors (Lipinski definition) is 3. The summed E-state index contributed by atoms with van der Waals surface area (Å²) in [5.74, 6) is 0.670. The zero-order chi connectivity index (χ0) is 20.2. The maximum Gasteiger partial charge on any atom is 0.187 e. The summed E-state index contributed by atoms with van der Waals surface area (Å²) in [5.41, 5.74) is 6.65. The summed E-state index contributed by atoms with van der Waals surface area (Å²) in [4.78, 5) is 5.20. The van der Waals surface area contributed by atoms with Crippen molar-refractivity contribution in [3.05, 3.63) is 33.4 Å². The zero-order valence-electron chi connectivity index (χ0n) is 17.3. The fraction of sp³-hybridized carbons (Fsp3) is 0.565. The van der Waals surface area contributed by atoms with Crippen molar-refractivity contribution >= 4 is 29.1 Å². The molecule has 4 rings (SSSR count). The van der Waals surface area contributed by atoms with E-state index in [0.29, 0.717) is 23.1 Å². The minimum atomic E-state index is -2.09. The van der Waals surface area contributed by atoms with Crippen molar-refractivity contribution in [1.29, 1.82) is 5.41 Å². The standard InChI is InChI=1S/C23H30N2O2S/c1-13(23(2,3)4)20-16-6-5-7-19(24)21(16)18-12-25-11-15(14-8-9-14)10-17(18)22(20)28(26)27/h10,12-14,24H,5-9,11H2,1-4H3,(H,26,27). The second-order valence-electron chi connectivity index (χ2n) is 9.56. The summed E-state index contributed by atoms with van der Waals surface area (Å²) in [6.07, 6.45) is 8.90. The van der Waals surface area contributed by atoms with Crippen LogP contribution in [0.3, 0.4) is 0 Å². The quantitative estimate of drug-likeness (QED) is 0.674. The first kappa shape index (κ1) is 19.7. The average Bonchev–Trinajstić information content (AvgIpc) is 3.44. The van der Waals surface area contributed by atoms with Gasteiger partial charge in [-0.15, -0.1) is 0 Å². The van der Waals surface area contributed by atoms with Crippen LogP contribution in [0.2, 0.25) is 0 Å². The van der Waals surface area contributed by atoms with Crippen molar-refractivity contribution in [2.45, 2.75) is 70.6 Å². The van der Waals surface area contributed by atoms with Crippen molar-refractivity contribution in [3.63, 3.8) is 0 Å². The molecule has 28 heavy (non-hydrogen) atoms.